The summed E-state index contributed by atoms with van der Waals surface area (Å²) in [5, 5.41) is 0. The van der Waals surface area contributed by atoms with Crippen LogP contribution in [0.15, 0.2) is 48.5 Å². The third-order valence-electron chi connectivity index (χ3n) is 5.28. The van der Waals surface area contributed by atoms with Gasteiger partial charge in [0.2, 0.25) is 0 Å². The number of nitrogens with zero attached hydrogens (tertiary/aromatic N) is 1. The lowest BCUT2D eigenvalue weighted by atomic mass is 9.98. The SMILES string of the molecule is C[C@H]1C[C@@H](C=O)N(C(=O)OCC2c3ccccc3-c3ccccc32)C1. The van der Waals surface area contributed by atoms with E-state index in [9.17, 15) is 9.59 Å². The van der Waals surface area contributed by atoms with E-state index in [0.717, 1.165) is 6.29 Å². The molecule has 1 aliphatic heterocycles. The molecule has 25 heavy (non-hydrogen) atoms. The van der Waals surface area contributed by atoms with E-state index in [1.165, 1.54) is 22.3 Å². The first-order valence-corrected chi connectivity index (χ1v) is 8.76. The van der Waals surface area contributed by atoms with Crippen molar-refractivity contribution >= 4 is 12.4 Å². The zero-order chi connectivity index (χ0) is 17.4. The molecule has 0 aromatic heterocycles. The lowest BCUT2D eigenvalue weighted by Crippen LogP contribution is -2.37. The number of hydrogen-bond acceptors (Lipinski definition) is 3. The molecule has 0 saturated carbocycles. The number of rotatable bonds is 3. The summed E-state index contributed by atoms with van der Waals surface area (Å²) in [6.45, 7) is 2.93. The Bertz CT molecular complexity index is 771. The van der Waals surface area contributed by atoms with Crippen molar-refractivity contribution in [2.24, 2.45) is 5.92 Å². The maximum atomic E-state index is 12.5. The number of benzene rings is 2. The molecule has 1 aliphatic carbocycles. The van der Waals surface area contributed by atoms with Gasteiger partial charge < -0.3 is 9.53 Å². The van der Waals surface area contributed by atoms with Gasteiger partial charge in [-0.3, -0.25) is 4.90 Å². The molecule has 2 aromatic rings. The van der Waals surface area contributed by atoms with Crippen molar-refractivity contribution in [2.75, 3.05) is 13.2 Å². The third kappa shape index (κ3) is 2.72. The number of ether oxygens (including phenoxy) is 1. The normalized spacial score (nSPS) is 21.7. The first-order chi connectivity index (χ1) is 12.2. The van der Waals surface area contributed by atoms with Crippen LogP contribution in [0.5, 0.6) is 0 Å². The minimum Gasteiger partial charge on any atom is -0.448 e. The van der Waals surface area contributed by atoms with E-state index in [1.54, 1.807) is 4.90 Å². The molecule has 2 atom stereocenters. The summed E-state index contributed by atoms with van der Waals surface area (Å²) in [6.07, 6.45) is 1.18. The fourth-order valence-electron chi connectivity index (χ4n) is 4.10. The lowest BCUT2D eigenvalue weighted by Gasteiger charge is -2.22. The van der Waals surface area contributed by atoms with Gasteiger partial charge in [-0.15, -0.1) is 0 Å². The minimum atomic E-state index is -0.386. The molecule has 0 radical (unpaired) electrons. The molecule has 1 amide bonds. The molecular formula is C21H21NO3. The summed E-state index contributed by atoms with van der Waals surface area (Å²) in [7, 11) is 0. The average molecular weight is 335 g/mol. The number of aldehydes is 1. The van der Waals surface area contributed by atoms with Gasteiger partial charge in [-0.25, -0.2) is 4.79 Å². The Morgan fingerprint density at radius 2 is 1.72 bits per heavy atom. The first kappa shape index (κ1) is 15.9. The van der Waals surface area contributed by atoms with Crippen LogP contribution in [0.2, 0.25) is 0 Å². The highest BCUT2D eigenvalue weighted by molar-refractivity contribution is 5.79. The zero-order valence-corrected chi connectivity index (χ0v) is 14.2. The van der Waals surface area contributed by atoms with Gasteiger partial charge in [0.25, 0.3) is 0 Å². The van der Waals surface area contributed by atoms with Gasteiger partial charge in [-0.05, 0) is 34.6 Å². The van der Waals surface area contributed by atoms with Gasteiger partial charge in [-0.2, -0.15) is 0 Å². The van der Waals surface area contributed by atoms with E-state index in [0.29, 0.717) is 25.5 Å². The van der Waals surface area contributed by atoms with Crippen molar-refractivity contribution in [3.8, 4) is 11.1 Å². The number of likely N-dealkylation sites (tertiary alicyclic amines) is 1. The van der Waals surface area contributed by atoms with Crippen LogP contribution in [0.3, 0.4) is 0 Å². The first-order valence-electron chi connectivity index (χ1n) is 8.76. The largest absolute Gasteiger partial charge is 0.448 e. The standard InChI is InChI=1S/C21H21NO3/c1-14-10-15(12-23)22(11-14)21(24)25-13-20-18-8-4-2-6-16(18)17-7-3-5-9-19(17)20/h2-9,12,14-15,20H,10-11,13H2,1H3/t14-,15-/m0/s1. The molecule has 1 heterocycles. The second-order valence-electron chi connectivity index (χ2n) is 7.00. The lowest BCUT2D eigenvalue weighted by molar-refractivity contribution is -0.111. The fraction of sp³-hybridized carbons (Fsp3) is 0.333. The topological polar surface area (TPSA) is 46.6 Å². The van der Waals surface area contributed by atoms with Gasteiger partial charge >= 0.3 is 6.09 Å². The van der Waals surface area contributed by atoms with Crippen LogP contribution in [0, 0.1) is 5.92 Å². The maximum absolute atomic E-state index is 12.5. The second kappa shape index (κ2) is 6.36. The van der Waals surface area contributed by atoms with Gasteiger partial charge in [0.05, 0.1) is 6.04 Å². The van der Waals surface area contributed by atoms with Crippen molar-refractivity contribution in [3.63, 3.8) is 0 Å². The van der Waals surface area contributed by atoms with Gasteiger partial charge in [0.1, 0.15) is 12.9 Å². The predicted molar refractivity (Wildman–Crippen MR) is 95.4 cm³/mol. The van der Waals surface area contributed by atoms with Gasteiger partial charge in [0.15, 0.2) is 0 Å². The van der Waals surface area contributed by atoms with Crippen molar-refractivity contribution in [3.05, 3.63) is 59.7 Å². The number of fused-ring (bicyclic) bond motifs is 3. The van der Waals surface area contributed by atoms with Crippen LogP contribution in [0.1, 0.15) is 30.4 Å². The Morgan fingerprint density at radius 1 is 1.12 bits per heavy atom. The molecule has 4 rings (SSSR count). The van der Waals surface area contributed by atoms with E-state index in [4.69, 9.17) is 4.74 Å². The molecule has 4 nitrogen and oxygen atoms in total. The second-order valence-corrected chi connectivity index (χ2v) is 7.00. The van der Waals surface area contributed by atoms with Crippen LogP contribution >= 0.6 is 0 Å². The van der Waals surface area contributed by atoms with Crippen LogP contribution in [-0.4, -0.2) is 36.5 Å². The van der Waals surface area contributed by atoms with E-state index >= 15 is 0 Å². The molecule has 1 fully saturated rings. The molecule has 0 N–H and O–H groups in total. The van der Waals surface area contributed by atoms with Crippen LogP contribution in [-0.2, 0) is 9.53 Å². The Labute approximate surface area is 147 Å². The predicted octanol–water partition coefficient (Wildman–Crippen LogP) is 3.84. The Kier molecular flexibility index (Phi) is 4.04. The quantitative estimate of drug-likeness (QED) is 0.801. The molecule has 0 bridgehead atoms. The van der Waals surface area contributed by atoms with E-state index in [-0.39, 0.29) is 18.1 Å². The van der Waals surface area contributed by atoms with Crippen molar-refractivity contribution in [2.45, 2.75) is 25.3 Å². The highest BCUT2D eigenvalue weighted by atomic mass is 16.6. The van der Waals surface area contributed by atoms with E-state index in [1.807, 2.05) is 31.2 Å². The zero-order valence-electron chi connectivity index (χ0n) is 14.2. The summed E-state index contributed by atoms with van der Waals surface area (Å²) in [5.74, 6) is 0.377. The summed E-state index contributed by atoms with van der Waals surface area (Å²) in [6, 6.07) is 16.2. The molecule has 0 spiro atoms. The molecule has 2 aromatic carbocycles. The third-order valence-corrected chi connectivity index (χ3v) is 5.28. The number of hydrogen-bond donors (Lipinski definition) is 0. The Morgan fingerprint density at radius 3 is 2.32 bits per heavy atom. The Hall–Kier alpha value is -2.62. The summed E-state index contributed by atoms with van der Waals surface area (Å²) >= 11 is 0. The molecule has 1 saturated heterocycles. The van der Waals surface area contributed by atoms with E-state index < -0.39 is 0 Å². The van der Waals surface area contributed by atoms with Crippen LogP contribution in [0.4, 0.5) is 4.79 Å². The van der Waals surface area contributed by atoms with Crippen molar-refractivity contribution in [1.82, 2.24) is 4.90 Å². The average Bonchev–Trinajstić information content (AvgIpc) is 3.18. The van der Waals surface area contributed by atoms with Gasteiger partial charge in [-0.1, -0.05) is 55.5 Å². The molecular weight excluding hydrogens is 314 g/mol. The summed E-state index contributed by atoms with van der Waals surface area (Å²) in [4.78, 5) is 25.3. The molecule has 128 valence electrons. The van der Waals surface area contributed by atoms with E-state index in [2.05, 4.69) is 24.3 Å². The number of carbonyl (C=O) groups is 2. The van der Waals surface area contributed by atoms with Crippen LogP contribution in [0.25, 0.3) is 11.1 Å². The molecule has 0 unspecified atom stereocenters. The molecule has 2 aliphatic rings. The fourth-order valence-corrected chi connectivity index (χ4v) is 4.10. The maximum Gasteiger partial charge on any atom is 0.410 e. The highest BCUT2D eigenvalue weighted by Crippen LogP contribution is 2.44. The smallest absolute Gasteiger partial charge is 0.410 e. The van der Waals surface area contributed by atoms with Crippen molar-refractivity contribution < 1.29 is 14.3 Å². The number of carbonyl (C=O) groups excluding carboxylic acids is 2. The van der Waals surface area contributed by atoms with Crippen LogP contribution < -0.4 is 0 Å². The minimum absolute atomic E-state index is 0.0473. The monoisotopic (exact) mass is 335 g/mol. The number of amides is 1. The van der Waals surface area contributed by atoms with Gasteiger partial charge in [0, 0.05) is 12.5 Å². The Balaban J connectivity index is 1.53. The summed E-state index contributed by atoms with van der Waals surface area (Å²) in [5.41, 5.74) is 4.80. The summed E-state index contributed by atoms with van der Waals surface area (Å²) < 4.78 is 5.63. The molecule has 4 heteroatoms. The van der Waals surface area contributed by atoms with Crippen molar-refractivity contribution in [1.29, 1.82) is 0 Å². The highest BCUT2D eigenvalue weighted by Gasteiger charge is 2.35.